The van der Waals surface area contributed by atoms with Crippen molar-refractivity contribution in [3.8, 4) is 0 Å². The number of ether oxygens (including phenoxy) is 1. The van der Waals surface area contributed by atoms with E-state index in [1.165, 1.54) is 5.56 Å². The Morgan fingerprint density at radius 2 is 1.93 bits per heavy atom. The van der Waals surface area contributed by atoms with E-state index in [1.807, 2.05) is 24.3 Å². The Labute approximate surface area is 91.7 Å². The summed E-state index contributed by atoms with van der Waals surface area (Å²) >= 11 is 0. The lowest BCUT2D eigenvalue weighted by Crippen LogP contribution is -2.01. The van der Waals surface area contributed by atoms with Crippen LogP contribution < -0.4 is 5.73 Å². The highest BCUT2D eigenvalue weighted by molar-refractivity contribution is 5.48. The van der Waals surface area contributed by atoms with E-state index in [9.17, 15) is 0 Å². The maximum absolute atomic E-state index is 5.42. The van der Waals surface area contributed by atoms with E-state index in [2.05, 4.69) is 18.2 Å². The summed E-state index contributed by atoms with van der Waals surface area (Å²) in [5.41, 5.74) is 6.59. The van der Waals surface area contributed by atoms with Crippen LogP contribution in [0.25, 0.3) is 6.08 Å². The van der Waals surface area contributed by atoms with E-state index in [0.29, 0.717) is 6.61 Å². The highest BCUT2D eigenvalue weighted by atomic mass is 16.5. The average molecular weight is 205 g/mol. The summed E-state index contributed by atoms with van der Waals surface area (Å²) in [6.07, 6.45) is 6.21. The quantitative estimate of drug-likeness (QED) is 0.694. The van der Waals surface area contributed by atoms with E-state index >= 15 is 0 Å². The molecule has 0 saturated carbocycles. The van der Waals surface area contributed by atoms with Gasteiger partial charge >= 0.3 is 0 Å². The zero-order valence-corrected chi connectivity index (χ0v) is 9.06. The maximum atomic E-state index is 5.42. The third-order valence-corrected chi connectivity index (χ3v) is 2.07. The molecule has 0 radical (unpaired) electrons. The second-order valence-corrected chi connectivity index (χ2v) is 3.38. The van der Waals surface area contributed by atoms with Crippen molar-refractivity contribution in [3.05, 3.63) is 42.0 Å². The lowest BCUT2D eigenvalue weighted by atomic mass is 10.2. The first-order valence-electron chi connectivity index (χ1n) is 5.43. The van der Waals surface area contributed by atoms with Crippen LogP contribution in [0.15, 0.2) is 36.4 Å². The first kappa shape index (κ1) is 12.0. The van der Waals surface area contributed by atoms with Crippen LogP contribution in [-0.2, 0) is 4.74 Å². The largest absolute Gasteiger partial charge is 0.377 e. The fraction of sp³-hybridized carbons (Fsp3) is 0.385. The van der Waals surface area contributed by atoms with Gasteiger partial charge in [0.1, 0.15) is 0 Å². The molecule has 0 aliphatic carbocycles. The topological polar surface area (TPSA) is 35.2 Å². The van der Waals surface area contributed by atoms with Crippen LogP contribution in [0.4, 0.5) is 0 Å². The minimum Gasteiger partial charge on any atom is -0.377 e. The van der Waals surface area contributed by atoms with Crippen molar-refractivity contribution >= 4 is 6.08 Å². The van der Waals surface area contributed by atoms with Gasteiger partial charge in [0.25, 0.3) is 0 Å². The molecule has 0 saturated heterocycles. The van der Waals surface area contributed by atoms with Crippen molar-refractivity contribution in [2.75, 3.05) is 19.8 Å². The SMILES string of the molecule is NCCCCOCC=Cc1ccccc1. The summed E-state index contributed by atoms with van der Waals surface area (Å²) in [5, 5.41) is 0. The van der Waals surface area contributed by atoms with Crippen molar-refractivity contribution in [1.82, 2.24) is 0 Å². The Balaban J connectivity index is 2.07. The van der Waals surface area contributed by atoms with Crippen LogP contribution in [0.5, 0.6) is 0 Å². The van der Waals surface area contributed by atoms with Gasteiger partial charge in [-0.15, -0.1) is 0 Å². The first-order valence-corrected chi connectivity index (χ1v) is 5.43. The number of hydrogen-bond acceptors (Lipinski definition) is 2. The molecule has 82 valence electrons. The third-order valence-electron chi connectivity index (χ3n) is 2.07. The van der Waals surface area contributed by atoms with Gasteiger partial charge in [-0.05, 0) is 24.9 Å². The fourth-order valence-corrected chi connectivity index (χ4v) is 1.25. The molecule has 0 spiro atoms. The average Bonchev–Trinajstić information content (AvgIpc) is 2.29. The standard InChI is InChI=1S/C13H19NO/c14-10-4-5-11-15-12-6-9-13-7-2-1-3-8-13/h1-3,6-9H,4-5,10-12,14H2. The van der Waals surface area contributed by atoms with Gasteiger partial charge in [-0.3, -0.25) is 0 Å². The van der Waals surface area contributed by atoms with Crippen LogP contribution in [0.3, 0.4) is 0 Å². The smallest absolute Gasteiger partial charge is 0.0650 e. The molecule has 2 heteroatoms. The highest BCUT2D eigenvalue weighted by Gasteiger charge is 1.86. The van der Waals surface area contributed by atoms with Gasteiger partial charge in [0.2, 0.25) is 0 Å². The molecule has 15 heavy (non-hydrogen) atoms. The van der Waals surface area contributed by atoms with Crippen LogP contribution >= 0.6 is 0 Å². The van der Waals surface area contributed by atoms with E-state index < -0.39 is 0 Å². The van der Waals surface area contributed by atoms with Crippen molar-refractivity contribution in [2.24, 2.45) is 5.73 Å². The molecule has 0 atom stereocenters. The summed E-state index contributed by atoms with van der Waals surface area (Å²) in [7, 11) is 0. The van der Waals surface area contributed by atoms with E-state index in [1.54, 1.807) is 0 Å². The molecule has 1 aromatic carbocycles. The summed E-state index contributed by atoms with van der Waals surface area (Å²) in [4.78, 5) is 0. The van der Waals surface area contributed by atoms with Gasteiger partial charge < -0.3 is 10.5 Å². The van der Waals surface area contributed by atoms with Gasteiger partial charge in [-0.1, -0.05) is 42.5 Å². The zero-order valence-electron chi connectivity index (χ0n) is 9.06. The molecule has 0 aliphatic rings. The zero-order chi connectivity index (χ0) is 10.8. The molecule has 0 aliphatic heterocycles. The molecule has 2 N–H and O–H groups in total. The number of unbranched alkanes of at least 4 members (excludes halogenated alkanes) is 1. The second kappa shape index (κ2) is 8.21. The Bertz CT molecular complexity index is 269. The number of hydrogen-bond donors (Lipinski definition) is 1. The fourth-order valence-electron chi connectivity index (χ4n) is 1.25. The van der Waals surface area contributed by atoms with Crippen molar-refractivity contribution in [1.29, 1.82) is 0 Å². The van der Waals surface area contributed by atoms with Crippen LogP contribution in [-0.4, -0.2) is 19.8 Å². The Kier molecular flexibility index (Phi) is 6.54. The molecule has 0 aromatic heterocycles. The number of benzene rings is 1. The van der Waals surface area contributed by atoms with Crippen molar-refractivity contribution < 1.29 is 4.74 Å². The molecule has 0 unspecified atom stereocenters. The van der Waals surface area contributed by atoms with Gasteiger partial charge in [0.05, 0.1) is 6.61 Å². The Morgan fingerprint density at radius 1 is 1.13 bits per heavy atom. The van der Waals surface area contributed by atoms with E-state index in [-0.39, 0.29) is 0 Å². The summed E-state index contributed by atoms with van der Waals surface area (Å²) in [6, 6.07) is 10.2. The predicted octanol–water partition coefficient (Wildman–Crippen LogP) is 2.46. The lowest BCUT2D eigenvalue weighted by Gasteiger charge is -1.99. The van der Waals surface area contributed by atoms with Crippen molar-refractivity contribution in [2.45, 2.75) is 12.8 Å². The van der Waals surface area contributed by atoms with Gasteiger partial charge in [0.15, 0.2) is 0 Å². The predicted molar refractivity (Wildman–Crippen MR) is 64.6 cm³/mol. The third kappa shape index (κ3) is 6.05. The summed E-state index contributed by atoms with van der Waals surface area (Å²) < 4.78 is 5.42. The van der Waals surface area contributed by atoms with Gasteiger partial charge in [-0.25, -0.2) is 0 Å². The van der Waals surface area contributed by atoms with Gasteiger partial charge in [-0.2, -0.15) is 0 Å². The van der Waals surface area contributed by atoms with Crippen LogP contribution in [0.2, 0.25) is 0 Å². The molecule has 0 heterocycles. The lowest BCUT2D eigenvalue weighted by molar-refractivity contribution is 0.158. The minimum absolute atomic E-state index is 0.680. The normalized spacial score (nSPS) is 11.0. The Morgan fingerprint density at radius 3 is 2.67 bits per heavy atom. The molecular formula is C13H19NO. The summed E-state index contributed by atoms with van der Waals surface area (Å²) in [5.74, 6) is 0. The second-order valence-electron chi connectivity index (χ2n) is 3.38. The molecule has 0 bridgehead atoms. The highest BCUT2D eigenvalue weighted by Crippen LogP contribution is 2.00. The van der Waals surface area contributed by atoms with Gasteiger partial charge in [0, 0.05) is 6.61 Å². The van der Waals surface area contributed by atoms with E-state index in [4.69, 9.17) is 10.5 Å². The summed E-state index contributed by atoms with van der Waals surface area (Å²) in [6.45, 7) is 2.24. The molecule has 0 fully saturated rings. The number of rotatable bonds is 7. The molecule has 1 aromatic rings. The molecule has 2 nitrogen and oxygen atoms in total. The van der Waals surface area contributed by atoms with Crippen molar-refractivity contribution in [3.63, 3.8) is 0 Å². The number of nitrogens with two attached hydrogens (primary N) is 1. The maximum Gasteiger partial charge on any atom is 0.0650 e. The molecule has 1 rings (SSSR count). The van der Waals surface area contributed by atoms with Crippen LogP contribution in [0.1, 0.15) is 18.4 Å². The molecular weight excluding hydrogens is 186 g/mol. The minimum atomic E-state index is 0.680. The Hall–Kier alpha value is -1.12. The van der Waals surface area contributed by atoms with E-state index in [0.717, 1.165) is 26.0 Å². The monoisotopic (exact) mass is 205 g/mol. The first-order chi connectivity index (χ1) is 7.43. The molecule has 0 amide bonds. The van der Waals surface area contributed by atoms with Crippen LogP contribution in [0, 0.1) is 0 Å².